The lowest BCUT2D eigenvalue weighted by Crippen LogP contribution is -2.13. The zero-order valence-electron chi connectivity index (χ0n) is 15.2. The molecule has 0 aliphatic heterocycles. The van der Waals surface area contributed by atoms with Crippen molar-refractivity contribution in [3.05, 3.63) is 78.0 Å². The van der Waals surface area contributed by atoms with Gasteiger partial charge in [-0.05, 0) is 42.5 Å². The van der Waals surface area contributed by atoms with E-state index in [1.165, 1.54) is 31.2 Å². The number of nitrogens with one attached hydrogen (secondary N) is 2. The van der Waals surface area contributed by atoms with Crippen molar-refractivity contribution in [2.24, 2.45) is 0 Å². The van der Waals surface area contributed by atoms with Crippen LogP contribution in [0.15, 0.2) is 66.9 Å². The number of halogens is 3. The standard InChI is InChI=1S/C21H16F3N3O2/c1-13(28)26-18-6-3-11-25-19(18)14-7-9-15(10-8-14)20(29)27-17-5-2-4-16(12-17)21(22,23)24/h2-12H,1H3,(H,26,28)(H,27,29). The Bertz CT molecular complexity index is 1050. The lowest BCUT2D eigenvalue weighted by atomic mass is 10.1. The third-order valence-electron chi connectivity index (χ3n) is 3.99. The lowest BCUT2D eigenvalue weighted by molar-refractivity contribution is -0.137. The Kier molecular flexibility index (Phi) is 5.63. The number of rotatable bonds is 4. The van der Waals surface area contributed by atoms with E-state index in [-0.39, 0.29) is 17.2 Å². The summed E-state index contributed by atoms with van der Waals surface area (Å²) in [6.07, 6.45) is -2.91. The second-order valence-corrected chi connectivity index (χ2v) is 6.19. The van der Waals surface area contributed by atoms with Gasteiger partial charge in [0.05, 0.1) is 16.9 Å². The molecule has 0 spiro atoms. The average Bonchev–Trinajstić information content (AvgIpc) is 2.68. The molecule has 1 aromatic heterocycles. The number of nitrogens with zero attached hydrogens (tertiary/aromatic N) is 1. The van der Waals surface area contributed by atoms with Crippen LogP contribution in [0.2, 0.25) is 0 Å². The number of carbonyl (C=O) groups is 2. The number of hydrogen-bond donors (Lipinski definition) is 2. The first-order chi connectivity index (χ1) is 13.7. The number of anilines is 2. The number of amides is 2. The van der Waals surface area contributed by atoms with Crippen LogP contribution in [0.4, 0.5) is 24.5 Å². The molecule has 0 aliphatic carbocycles. The second-order valence-electron chi connectivity index (χ2n) is 6.19. The molecule has 0 radical (unpaired) electrons. The predicted molar refractivity (Wildman–Crippen MR) is 103 cm³/mol. The average molecular weight is 399 g/mol. The predicted octanol–water partition coefficient (Wildman–Crippen LogP) is 4.98. The highest BCUT2D eigenvalue weighted by Gasteiger charge is 2.30. The summed E-state index contributed by atoms with van der Waals surface area (Å²) in [5, 5.41) is 5.14. The highest BCUT2D eigenvalue weighted by molar-refractivity contribution is 6.04. The minimum atomic E-state index is -4.49. The minimum absolute atomic E-state index is 0.0478. The van der Waals surface area contributed by atoms with E-state index in [0.29, 0.717) is 16.9 Å². The Hall–Kier alpha value is -3.68. The maximum atomic E-state index is 12.8. The van der Waals surface area contributed by atoms with E-state index in [4.69, 9.17) is 0 Å². The van der Waals surface area contributed by atoms with Crippen molar-refractivity contribution < 1.29 is 22.8 Å². The van der Waals surface area contributed by atoms with E-state index in [2.05, 4.69) is 15.6 Å². The number of alkyl halides is 3. The van der Waals surface area contributed by atoms with Crippen LogP contribution in [0.5, 0.6) is 0 Å². The van der Waals surface area contributed by atoms with E-state index in [9.17, 15) is 22.8 Å². The zero-order valence-corrected chi connectivity index (χ0v) is 15.2. The zero-order chi connectivity index (χ0) is 21.0. The van der Waals surface area contributed by atoms with Crippen molar-refractivity contribution >= 4 is 23.2 Å². The molecule has 2 amide bonds. The van der Waals surface area contributed by atoms with E-state index >= 15 is 0 Å². The molecule has 0 unspecified atom stereocenters. The molecular formula is C21H16F3N3O2. The number of hydrogen-bond acceptors (Lipinski definition) is 3. The lowest BCUT2D eigenvalue weighted by Gasteiger charge is -2.11. The first-order valence-electron chi connectivity index (χ1n) is 8.56. The van der Waals surface area contributed by atoms with Gasteiger partial charge in [-0.2, -0.15) is 13.2 Å². The summed E-state index contributed by atoms with van der Waals surface area (Å²) in [6, 6.07) is 14.2. The Morgan fingerprint density at radius 1 is 0.931 bits per heavy atom. The highest BCUT2D eigenvalue weighted by atomic mass is 19.4. The monoisotopic (exact) mass is 399 g/mol. The Morgan fingerprint density at radius 3 is 2.31 bits per heavy atom. The van der Waals surface area contributed by atoms with Crippen LogP contribution in [-0.2, 0) is 11.0 Å². The maximum absolute atomic E-state index is 12.8. The molecule has 0 saturated heterocycles. The Balaban J connectivity index is 1.79. The van der Waals surface area contributed by atoms with E-state index in [1.54, 1.807) is 30.5 Å². The molecule has 29 heavy (non-hydrogen) atoms. The normalized spacial score (nSPS) is 11.0. The van der Waals surface area contributed by atoms with Gasteiger partial charge in [0.25, 0.3) is 5.91 Å². The summed E-state index contributed by atoms with van der Waals surface area (Å²) < 4.78 is 38.4. The summed E-state index contributed by atoms with van der Waals surface area (Å²) in [6.45, 7) is 1.39. The fourth-order valence-corrected chi connectivity index (χ4v) is 2.68. The van der Waals surface area contributed by atoms with Gasteiger partial charge in [-0.15, -0.1) is 0 Å². The number of pyridine rings is 1. The largest absolute Gasteiger partial charge is 0.416 e. The van der Waals surface area contributed by atoms with Crippen LogP contribution in [0, 0.1) is 0 Å². The number of benzene rings is 2. The molecule has 0 bridgehead atoms. The van der Waals surface area contributed by atoms with Gasteiger partial charge in [0, 0.05) is 29.9 Å². The fraction of sp³-hybridized carbons (Fsp3) is 0.0952. The molecule has 1 heterocycles. The molecule has 2 N–H and O–H groups in total. The summed E-state index contributed by atoms with van der Waals surface area (Å²) in [5.41, 5.74) is 1.21. The molecule has 8 heteroatoms. The highest BCUT2D eigenvalue weighted by Crippen LogP contribution is 2.31. The minimum Gasteiger partial charge on any atom is -0.324 e. The van der Waals surface area contributed by atoms with E-state index < -0.39 is 17.6 Å². The molecule has 2 aromatic carbocycles. The van der Waals surface area contributed by atoms with Crippen LogP contribution < -0.4 is 10.6 Å². The third kappa shape index (κ3) is 4.98. The van der Waals surface area contributed by atoms with Crippen molar-refractivity contribution in [3.63, 3.8) is 0 Å². The second kappa shape index (κ2) is 8.14. The molecular weight excluding hydrogens is 383 g/mol. The van der Waals surface area contributed by atoms with Crippen LogP contribution in [-0.4, -0.2) is 16.8 Å². The molecule has 0 fully saturated rings. The van der Waals surface area contributed by atoms with Crippen LogP contribution in [0.1, 0.15) is 22.8 Å². The topological polar surface area (TPSA) is 71.1 Å². The van der Waals surface area contributed by atoms with Crippen molar-refractivity contribution in [2.45, 2.75) is 13.1 Å². The number of carbonyl (C=O) groups excluding carboxylic acids is 2. The number of aromatic nitrogens is 1. The molecule has 0 aliphatic rings. The summed E-state index contributed by atoms with van der Waals surface area (Å²) in [5.74, 6) is -0.782. The molecule has 3 aromatic rings. The first kappa shape index (κ1) is 20.1. The van der Waals surface area contributed by atoms with Gasteiger partial charge in [0.2, 0.25) is 5.91 Å². The first-order valence-corrected chi connectivity index (χ1v) is 8.56. The SMILES string of the molecule is CC(=O)Nc1cccnc1-c1ccc(C(=O)Nc2cccc(C(F)(F)F)c2)cc1. The van der Waals surface area contributed by atoms with Crippen LogP contribution in [0.3, 0.4) is 0 Å². The van der Waals surface area contributed by atoms with Gasteiger partial charge in [0.1, 0.15) is 0 Å². The van der Waals surface area contributed by atoms with Crippen molar-refractivity contribution in [1.29, 1.82) is 0 Å². The van der Waals surface area contributed by atoms with Gasteiger partial charge in [-0.3, -0.25) is 14.6 Å². The maximum Gasteiger partial charge on any atom is 0.416 e. The Morgan fingerprint density at radius 2 is 1.66 bits per heavy atom. The van der Waals surface area contributed by atoms with Crippen LogP contribution >= 0.6 is 0 Å². The quantitative estimate of drug-likeness (QED) is 0.650. The van der Waals surface area contributed by atoms with Gasteiger partial charge < -0.3 is 10.6 Å². The van der Waals surface area contributed by atoms with Crippen LogP contribution in [0.25, 0.3) is 11.3 Å². The fourth-order valence-electron chi connectivity index (χ4n) is 2.68. The molecule has 0 atom stereocenters. The summed E-state index contributed by atoms with van der Waals surface area (Å²) in [7, 11) is 0. The van der Waals surface area contributed by atoms with Crippen molar-refractivity contribution in [2.75, 3.05) is 10.6 Å². The van der Waals surface area contributed by atoms with Gasteiger partial charge >= 0.3 is 6.18 Å². The smallest absolute Gasteiger partial charge is 0.324 e. The van der Waals surface area contributed by atoms with Gasteiger partial charge in [-0.25, -0.2) is 0 Å². The molecule has 5 nitrogen and oxygen atoms in total. The van der Waals surface area contributed by atoms with E-state index in [1.807, 2.05) is 0 Å². The summed E-state index contributed by atoms with van der Waals surface area (Å²) in [4.78, 5) is 28.0. The van der Waals surface area contributed by atoms with E-state index in [0.717, 1.165) is 12.1 Å². The Labute approximate surface area is 164 Å². The summed E-state index contributed by atoms with van der Waals surface area (Å²) >= 11 is 0. The molecule has 0 saturated carbocycles. The van der Waals surface area contributed by atoms with Crippen molar-refractivity contribution in [1.82, 2.24) is 4.98 Å². The van der Waals surface area contributed by atoms with Gasteiger partial charge in [0.15, 0.2) is 0 Å². The third-order valence-corrected chi connectivity index (χ3v) is 3.99. The molecule has 148 valence electrons. The molecule has 3 rings (SSSR count). The van der Waals surface area contributed by atoms with Gasteiger partial charge in [-0.1, -0.05) is 18.2 Å². The van der Waals surface area contributed by atoms with Crippen molar-refractivity contribution in [3.8, 4) is 11.3 Å².